The number of alkyl halides is 1. The minimum Gasteiger partial charge on any atom is -0.481 e. The number of carboxylic acids is 1. The summed E-state index contributed by atoms with van der Waals surface area (Å²) in [6, 6.07) is 5.17. The van der Waals surface area contributed by atoms with Gasteiger partial charge in [-0.05, 0) is 29.5 Å². The molecule has 0 atom stereocenters. The van der Waals surface area contributed by atoms with Crippen molar-refractivity contribution < 1.29 is 14.3 Å². The number of aliphatic carboxylic acids is 1. The lowest BCUT2D eigenvalue weighted by Crippen LogP contribution is -2.03. The number of benzene rings is 1. The first-order valence-electron chi connectivity index (χ1n) is 4.11. The Morgan fingerprint density at radius 2 is 2.21 bits per heavy atom. The molecule has 0 spiro atoms. The molecular formula is C10H11FO2S. The van der Waals surface area contributed by atoms with Crippen molar-refractivity contribution in [2.45, 2.75) is 18.0 Å². The van der Waals surface area contributed by atoms with Crippen LogP contribution in [0.2, 0.25) is 0 Å². The van der Waals surface area contributed by atoms with Crippen LogP contribution in [-0.2, 0) is 17.9 Å². The van der Waals surface area contributed by atoms with Gasteiger partial charge in [-0.25, -0.2) is 4.39 Å². The topological polar surface area (TPSA) is 37.3 Å². The third kappa shape index (κ3) is 2.73. The first-order chi connectivity index (χ1) is 6.67. The van der Waals surface area contributed by atoms with E-state index in [4.69, 9.17) is 5.11 Å². The lowest BCUT2D eigenvalue weighted by atomic mass is 10.1. The summed E-state index contributed by atoms with van der Waals surface area (Å²) in [5.74, 6) is -0.932. The summed E-state index contributed by atoms with van der Waals surface area (Å²) in [4.78, 5) is 11.5. The molecule has 0 unspecified atom stereocenters. The normalized spacial score (nSPS) is 10.1. The minimum atomic E-state index is -0.932. The van der Waals surface area contributed by atoms with Crippen molar-refractivity contribution in [3.05, 3.63) is 29.3 Å². The zero-order valence-electron chi connectivity index (χ0n) is 7.79. The predicted octanol–water partition coefficient (Wildman–Crippen LogP) is 2.51. The molecule has 0 aliphatic rings. The van der Waals surface area contributed by atoms with E-state index in [2.05, 4.69) is 0 Å². The first-order valence-corrected chi connectivity index (χ1v) is 5.33. The third-order valence-electron chi connectivity index (χ3n) is 1.90. The molecule has 76 valence electrons. The van der Waals surface area contributed by atoms with Crippen molar-refractivity contribution in [2.75, 3.05) is 6.26 Å². The van der Waals surface area contributed by atoms with Crippen molar-refractivity contribution in [3.8, 4) is 0 Å². The number of rotatable bonds is 4. The molecule has 0 saturated carbocycles. The van der Waals surface area contributed by atoms with Crippen molar-refractivity contribution in [2.24, 2.45) is 0 Å². The Balaban J connectivity index is 3.01. The van der Waals surface area contributed by atoms with E-state index in [0.29, 0.717) is 11.1 Å². The molecule has 0 aliphatic carbocycles. The van der Waals surface area contributed by atoms with Crippen LogP contribution in [0.5, 0.6) is 0 Å². The van der Waals surface area contributed by atoms with E-state index in [0.717, 1.165) is 4.90 Å². The Kier molecular flexibility index (Phi) is 3.95. The quantitative estimate of drug-likeness (QED) is 0.782. The highest BCUT2D eigenvalue weighted by Crippen LogP contribution is 2.20. The Morgan fingerprint density at radius 1 is 1.50 bits per heavy atom. The van der Waals surface area contributed by atoms with Crippen LogP contribution in [0.25, 0.3) is 0 Å². The largest absolute Gasteiger partial charge is 0.481 e. The van der Waals surface area contributed by atoms with Crippen LogP contribution in [0.15, 0.2) is 23.1 Å². The Labute approximate surface area is 86.1 Å². The summed E-state index contributed by atoms with van der Waals surface area (Å²) in [6.07, 6.45) is 1.78. The molecule has 0 fully saturated rings. The molecule has 0 aliphatic heterocycles. The molecule has 0 radical (unpaired) electrons. The third-order valence-corrected chi connectivity index (χ3v) is 2.62. The average Bonchev–Trinajstić information content (AvgIpc) is 2.16. The monoisotopic (exact) mass is 214 g/mol. The maximum Gasteiger partial charge on any atom is 0.307 e. The molecule has 0 aromatic heterocycles. The summed E-state index contributed by atoms with van der Waals surface area (Å²) in [7, 11) is 0. The van der Waals surface area contributed by atoms with Gasteiger partial charge in [0, 0.05) is 4.90 Å². The lowest BCUT2D eigenvalue weighted by Gasteiger charge is -2.05. The second-order valence-electron chi connectivity index (χ2n) is 2.84. The SMILES string of the molecule is CSc1ccc(CF)c(CC(=O)O)c1. The molecule has 1 aromatic rings. The summed E-state index contributed by atoms with van der Waals surface area (Å²) in [5, 5.41) is 8.62. The van der Waals surface area contributed by atoms with E-state index in [-0.39, 0.29) is 6.42 Å². The fourth-order valence-corrected chi connectivity index (χ4v) is 1.65. The summed E-state index contributed by atoms with van der Waals surface area (Å²) in [6.45, 7) is -0.614. The summed E-state index contributed by atoms with van der Waals surface area (Å²) < 4.78 is 12.5. The van der Waals surface area contributed by atoms with E-state index >= 15 is 0 Å². The van der Waals surface area contributed by atoms with Crippen molar-refractivity contribution in [3.63, 3.8) is 0 Å². The highest BCUT2D eigenvalue weighted by molar-refractivity contribution is 7.98. The molecule has 1 aromatic carbocycles. The van der Waals surface area contributed by atoms with E-state index in [1.54, 1.807) is 18.2 Å². The predicted molar refractivity (Wildman–Crippen MR) is 54.4 cm³/mol. The van der Waals surface area contributed by atoms with Gasteiger partial charge in [-0.3, -0.25) is 4.79 Å². The molecular weight excluding hydrogens is 203 g/mol. The van der Waals surface area contributed by atoms with Crippen molar-refractivity contribution in [1.82, 2.24) is 0 Å². The molecule has 0 bridgehead atoms. The molecule has 4 heteroatoms. The average molecular weight is 214 g/mol. The zero-order valence-corrected chi connectivity index (χ0v) is 8.60. The molecule has 0 amide bonds. The van der Waals surface area contributed by atoms with Crippen LogP contribution < -0.4 is 0 Å². The van der Waals surface area contributed by atoms with E-state index in [1.165, 1.54) is 11.8 Å². The maximum atomic E-state index is 12.5. The standard InChI is InChI=1S/C10H11FO2S/c1-14-9-3-2-7(6-11)8(4-9)5-10(12)13/h2-4H,5-6H2,1H3,(H,12,13). The number of hydrogen-bond acceptors (Lipinski definition) is 2. The van der Waals surface area contributed by atoms with Gasteiger partial charge in [-0.1, -0.05) is 6.07 Å². The van der Waals surface area contributed by atoms with E-state index < -0.39 is 12.6 Å². The van der Waals surface area contributed by atoms with Gasteiger partial charge in [0.15, 0.2) is 0 Å². The lowest BCUT2D eigenvalue weighted by molar-refractivity contribution is -0.136. The van der Waals surface area contributed by atoms with Crippen LogP contribution in [0.1, 0.15) is 11.1 Å². The number of thioether (sulfide) groups is 1. The van der Waals surface area contributed by atoms with Gasteiger partial charge >= 0.3 is 5.97 Å². The van der Waals surface area contributed by atoms with Crippen molar-refractivity contribution >= 4 is 17.7 Å². The highest BCUT2D eigenvalue weighted by Gasteiger charge is 2.07. The maximum absolute atomic E-state index is 12.5. The Morgan fingerprint density at radius 3 is 2.71 bits per heavy atom. The second kappa shape index (κ2) is 5.00. The van der Waals surface area contributed by atoms with Crippen LogP contribution in [0.3, 0.4) is 0 Å². The summed E-state index contributed by atoms with van der Waals surface area (Å²) in [5.41, 5.74) is 1.03. The molecule has 2 nitrogen and oxygen atoms in total. The number of halogens is 1. The van der Waals surface area contributed by atoms with Crippen LogP contribution in [0, 0.1) is 0 Å². The second-order valence-corrected chi connectivity index (χ2v) is 3.72. The van der Waals surface area contributed by atoms with Gasteiger partial charge in [0.25, 0.3) is 0 Å². The zero-order chi connectivity index (χ0) is 10.6. The fourth-order valence-electron chi connectivity index (χ4n) is 1.19. The van der Waals surface area contributed by atoms with Crippen LogP contribution >= 0.6 is 11.8 Å². The van der Waals surface area contributed by atoms with E-state index in [9.17, 15) is 9.18 Å². The van der Waals surface area contributed by atoms with Crippen LogP contribution in [0.4, 0.5) is 4.39 Å². The smallest absolute Gasteiger partial charge is 0.307 e. The first kappa shape index (κ1) is 11.0. The molecule has 1 rings (SSSR count). The molecule has 0 heterocycles. The fraction of sp³-hybridized carbons (Fsp3) is 0.300. The summed E-state index contributed by atoms with van der Waals surface area (Å²) >= 11 is 1.51. The molecule has 1 N–H and O–H groups in total. The minimum absolute atomic E-state index is 0.117. The van der Waals surface area contributed by atoms with Gasteiger partial charge in [0.2, 0.25) is 0 Å². The van der Waals surface area contributed by atoms with Crippen molar-refractivity contribution in [1.29, 1.82) is 0 Å². The van der Waals surface area contributed by atoms with Gasteiger partial charge in [-0.15, -0.1) is 11.8 Å². The van der Waals surface area contributed by atoms with Crippen LogP contribution in [-0.4, -0.2) is 17.3 Å². The number of carbonyl (C=O) groups is 1. The Bertz CT molecular complexity index is 339. The van der Waals surface area contributed by atoms with Gasteiger partial charge in [-0.2, -0.15) is 0 Å². The van der Waals surface area contributed by atoms with Gasteiger partial charge in [0.1, 0.15) is 6.67 Å². The molecule has 0 saturated heterocycles. The van der Waals surface area contributed by atoms with Gasteiger partial charge in [0.05, 0.1) is 6.42 Å². The highest BCUT2D eigenvalue weighted by atomic mass is 32.2. The Hall–Kier alpha value is -1.03. The number of hydrogen-bond donors (Lipinski definition) is 1. The van der Waals surface area contributed by atoms with Gasteiger partial charge < -0.3 is 5.11 Å². The molecule has 14 heavy (non-hydrogen) atoms. The number of carboxylic acid groups (broad SMARTS) is 1. The van der Waals surface area contributed by atoms with E-state index in [1.807, 2.05) is 6.26 Å².